The van der Waals surface area contributed by atoms with Crippen molar-refractivity contribution < 1.29 is 9.53 Å². The first-order valence-corrected chi connectivity index (χ1v) is 6.28. The van der Waals surface area contributed by atoms with Crippen molar-refractivity contribution >= 4 is 5.91 Å². The van der Waals surface area contributed by atoms with Crippen LogP contribution >= 0.6 is 0 Å². The summed E-state index contributed by atoms with van der Waals surface area (Å²) in [6.45, 7) is 3.96. The van der Waals surface area contributed by atoms with E-state index in [1.807, 2.05) is 37.3 Å². The Labute approximate surface area is 113 Å². The van der Waals surface area contributed by atoms with Gasteiger partial charge >= 0.3 is 0 Å². The largest absolute Gasteiger partial charge is 0.456 e. The number of amides is 1. The van der Waals surface area contributed by atoms with E-state index in [-0.39, 0.29) is 0 Å². The lowest BCUT2D eigenvalue weighted by molar-refractivity contribution is 0.0998. The average Bonchev–Trinajstić information content (AvgIpc) is 2.41. The van der Waals surface area contributed by atoms with E-state index in [1.165, 1.54) is 0 Å². The standard InChI is InChI=1S/C16H17NO2/c1-3-12-8-4-5-10-14(12)19-15-11(2)7-6-9-13(15)16(17)18/h4-10H,3H2,1-2H3,(H2,17,18). The molecule has 0 saturated heterocycles. The van der Waals surface area contributed by atoms with E-state index >= 15 is 0 Å². The van der Waals surface area contributed by atoms with E-state index in [4.69, 9.17) is 10.5 Å². The van der Waals surface area contributed by atoms with Crippen LogP contribution in [0.1, 0.15) is 28.4 Å². The van der Waals surface area contributed by atoms with E-state index in [1.54, 1.807) is 12.1 Å². The second-order valence-corrected chi connectivity index (χ2v) is 4.38. The van der Waals surface area contributed by atoms with Gasteiger partial charge in [0, 0.05) is 0 Å². The Morgan fingerprint density at radius 2 is 1.89 bits per heavy atom. The molecule has 0 heterocycles. The normalized spacial score (nSPS) is 10.2. The maximum atomic E-state index is 11.5. The summed E-state index contributed by atoms with van der Waals surface area (Å²) in [7, 11) is 0. The third-order valence-corrected chi connectivity index (χ3v) is 3.04. The van der Waals surface area contributed by atoms with Crippen LogP contribution in [0, 0.1) is 6.92 Å². The second-order valence-electron chi connectivity index (χ2n) is 4.38. The Bertz CT molecular complexity index is 605. The first-order chi connectivity index (χ1) is 9.13. The molecule has 0 aliphatic carbocycles. The maximum absolute atomic E-state index is 11.5. The number of carbonyl (C=O) groups is 1. The molecular weight excluding hydrogens is 238 g/mol. The number of primary amides is 1. The number of benzene rings is 2. The highest BCUT2D eigenvalue weighted by Crippen LogP contribution is 2.31. The highest BCUT2D eigenvalue weighted by Gasteiger charge is 2.13. The summed E-state index contributed by atoms with van der Waals surface area (Å²) < 4.78 is 5.92. The molecule has 98 valence electrons. The maximum Gasteiger partial charge on any atom is 0.252 e. The average molecular weight is 255 g/mol. The van der Waals surface area contributed by atoms with Crippen LogP contribution in [-0.4, -0.2) is 5.91 Å². The molecule has 2 aromatic carbocycles. The monoisotopic (exact) mass is 255 g/mol. The second kappa shape index (κ2) is 5.57. The van der Waals surface area contributed by atoms with Crippen molar-refractivity contribution in [3.8, 4) is 11.5 Å². The number of nitrogens with two attached hydrogens (primary N) is 1. The molecule has 0 aromatic heterocycles. The predicted octanol–water partition coefficient (Wildman–Crippen LogP) is 3.45. The molecule has 3 heteroatoms. The lowest BCUT2D eigenvalue weighted by Gasteiger charge is -2.14. The van der Waals surface area contributed by atoms with E-state index in [9.17, 15) is 4.79 Å². The predicted molar refractivity (Wildman–Crippen MR) is 75.6 cm³/mol. The van der Waals surface area contributed by atoms with Crippen LogP contribution in [0.15, 0.2) is 42.5 Å². The van der Waals surface area contributed by atoms with Gasteiger partial charge in [-0.05, 0) is 36.6 Å². The summed E-state index contributed by atoms with van der Waals surface area (Å²) in [6, 6.07) is 13.2. The molecule has 0 radical (unpaired) electrons. The summed E-state index contributed by atoms with van der Waals surface area (Å²) in [6.07, 6.45) is 0.869. The molecule has 1 amide bonds. The highest BCUT2D eigenvalue weighted by molar-refractivity contribution is 5.96. The minimum absolute atomic E-state index is 0.408. The Morgan fingerprint density at radius 3 is 2.58 bits per heavy atom. The zero-order valence-electron chi connectivity index (χ0n) is 11.1. The minimum Gasteiger partial charge on any atom is -0.456 e. The Balaban J connectivity index is 2.46. The van der Waals surface area contributed by atoms with Gasteiger partial charge in [-0.15, -0.1) is 0 Å². The van der Waals surface area contributed by atoms with E-state index in [0.29, 0.717) is 11.3 Å². The first-order valence-electron chi connectivity index (χ1n) is 6.28. The van der Waals surface area contributed by atoms with Gasteiger partial charge in [-0.3, -0.25) is 4.79 Å². The zero-order valence-corrected chi connectivity index (χ0v) is 11.1. The van der Waals surface area contributed by atoms with Gasteiger partial charge < -0.3 is 10.5 Å². The van der Waals surface area contributed by atoms with Crippen LogP contribution in [0.5, 0.6) is 11.5 Å². The van der Waals surface area contributed by atoms with Crippen molar-refractivity contribution in [2.24, 2.45) is 5.73 Å². The summed E-state index contributed by atoms with van der Waals surface area (Å²) in [5.41, 5.74) is 7.79. The quantitative estimate of drug-likeness (QED) is 0.909. The van der Waals surface area contributed by atoms with Gasteiger partial charge in [-0.1, -0.05) is 37.3 Å². The van der Waals surface area contributed by atoms with E-state index in [2.05, 4.69) is 6.92 Å². The van der Waals surface area contributed by atoms with Crippen LogP contribution in [0.4, 0.5) is 0 Å². The molecule has 19 heavy (non-hydrogen) atoms. The molecule has 2 rings (SSSR count). The fourth-order valence-electron chi connectivity index (χ4n) is 1.99. The Morgan fingerprint density at radius 1 is 1.16 bits per heavy atom. The molecule has 0 aliphatic heterocycles. The van der Waals surface area contributed by atoms with Crippen molar-refractivity contribution in [3.05, 3.63) is 59.2 Å². The van der Waals surface area contributed by atoms with Gasteiger partial charge in [0.05, 0.1) is 5.56 Å². The fraction of sp³-hybridized carbons (Fsp3) is 0.188. The van der Waals surface area contributed by atoms with Crippen molar-refractivity contribution in [1.29, 1.82) is 0 Å². The smallest absolute Gasteiger partial charge is 0.252 e. The van der Waals surface area contributed by atoms with Crippen molar-refractivity contribution in [2.45, 2.75) is 20.3 Å². The number of rotatable bonds is 4. The molecule has 2 N–H and O–H groups in total. The minimum atomic E-state index is -0.479. The SMILES string of the molecule is CCc1ccccc1Oc1c(C)cccc1C(N)=O. The first kappa shape index (κ1) is 13.1. The number of aryl methyl sites for hydroxylation is 2. The van der Waals surface area contributed by atoms with Crippen LogP contribution in [-0.2, 0) is 6.42 Å². The topological polar surface area (TPSA) is 52.3 Å². The molecule has 0 atom stereocenters. The van der Waals surface area contributed by atoms with Crippen molar-refractivity contribution in [3.63, 3.8) is 0 Å². The molecule has 0 fully saturated rings. The molecule has 3 nitrogen and oxygen atoms in total. The molecular formula is C16H17NO2. The summed E-state index contributed by atoms with van der Waals surface area (Å²) in [5.74, 6) is 0.824. The van der Waals surface area contributed by atoms with Gasteiger partial charge in [-0.25, -0.2) is 0 Å². The number of carbonyl (C=O) groups excluding carboxylic acids is 1. The number of para-hydroxylation sites is 2. The number of hydrogen-bond donors (Lipinski definition) is 1. The number of hydrogen-bond acceptors (Lipinski definition) is 2. The lowest BCUT2D eigenvalue weighted by Crippen LogP contribution is -2.12. The molecule has 0 aliphatic rings. The molecule has 0 bridgehead atoms. The molecule has 0 saturated carbocycles. The van der Waals surface area contributed by atoms with Crippen molar-refractivity contribution in [1.82, 2.24) is 0 Å². The van der Waals surface area contributed by atoms with Crippen LogP contribution in [0.25, 0.3) is 0 Å². The summed E-state index contributed by atoms with van der Waals surface area (Å²) in [5, 5.41) is 0. The van der Waals surface area contributed by atoms with Crippen molar-refractivity contribution in [2.75, 3.05) is 0 Å². The van der Waals surface area contributed by atoms with Gasteiger partial charge in [-0.2, -0.15) is 0 Å². The fourth-order valence-corrected chi connectivity index (χ4v) is 1.99. The zero-order chi connectivity index (χ0) is 13.8. The van der Waals surface area contributed by atoms with E-state index in [0.717, 1.165) is 23.3 Å². The molecule has 0 spiro atoms. The summed E-state index contributed by atoms with van der Waals surface area (Å²) in [4.78, 5) is 11.5. The van der Waals surface area contributed by atoms with Crippen LogP contribution in [0.3, 0.4) is 0 Å². The van der Waals surface area contributed by atoms with E-state index < -0.39 is 5.91 Å². The Kier molecular flexibility index (Phi) is 3.85. The number of ether oxygens (including phenoxy) is 1. The summed E-state index contributed by atoms with van der Waals surface area (Å²) >= 11 is 0. The van der Waals surface area contributed by atoms with Crippen LogP contribution < -0.4 is 10.5 Å². The van der Waals surface area contributed by atoms with Crippen LogP contribution in [0.2, 0.25) is 0 Å². The van der Waals surface area contributed by atoms with Gasteiger partial charge in [0.15, 0.2) is 0 Å². The third kappa shape index (κ3) is 2.76. The van der Waals surface area contributed by atoms with Gasteiger partial charge in [0.25, 0.3) is 5.91 Å². The molecule has 0 unspecified atom stereocenters. The van der Waals surface area contributed by atoms with Gasteiger partial charge in [0.2, 0.25) is 0 Å². The molecule has 2 aromatic rings. The highest BCUT2D eigenvalue weighted by atomic mass is 16.5. The lowest BCUT2D eigenvalue weighted by atomic mass is 10.1. The van der Waals surface area contributed by atoms with Gasteiger partial charge in [0.1, 0.15) is 11.5 Å². The third-order valence-electron chi connectivity index (χ3n) is 3.04. The Hall–Kier alpha value is -2.29.